The van der Waals surface area contributed by atoms with E-state index in [1.165, 1.54) is 0 Å². The predicted molar refractivity (Wildman–Crippen MR) is 132 cm³/mol. The SMILES string of the molecule is CCOc1c(/C(C)=C/C(=O)NC(C)CC)cc2c(-c3cc(OC)ccc3OC)coc2c1C. The lowest BCUT2D eigenvalue weighted by Gasteiger charge is -2.16. The molecular weight excluding hydrogens is 418 g/mol. The van der Waals surface area contributed by atoms with Crippen molar-refractivity contribution in [2.75, 3.05) is 20.8 Å². The first kappa shape index (κ1) is 24.2. The van der Waals surface area contributed by atoms with E-state index in [0.29, 0.717) is 18.1 Å². The number of hydrogen-bond donors (Lipinski definition) is 1. The van der Waals surface area contributed by atoms with E-state index in [-0.39, 0.29) is 11.9 Å². The fourth-order valence-electron chi connectivity index (χ4n) is 3.83. The molecule has 0 aliphatic carbocycles. The average molecular weight is 452 g/mol. The standard InChI is InChI=1S/C27H33NO5/c1-8-17(4)28-25(29)12-16(3)20-14-22-23(15-33-27(22)18(5)26(20)32-9-2)21-13-19(30-6)10-11-24(21)31-7/h10-15,17H,8-9H2,1-7H3,(H,28,29)/b16-12+. The van der Waals surface area contributed by atoms with Crippen molar-refractivity contribution in [2.45, 2.75) is 47.1 Å². The summed E-state index contributed by atoms with van der Waals surface area (Å²) in [4.78, 5) is 12.5. The number of carbonyl (C=O) groups is 1. The summed E-state index contributed by atoms with van der Waals surface area (Å²) in [5.74, 6) is 2.03. The van der Waals surface area contributed by atoms with Crippen LogP contribution in [0.2, 0.25) is 0 Å². The summed E-state index contributed by atoms with van der Waals surface area (Å²) in [5.41, 5.74) is 5.03. The van der Waals surface area contributed by atoms with Gasteiger partial charge in [0.25, 0.3) is 0 Å². The van der Waals surface area contributed by atoms with Crippen LogP contribution in [0.25, 0.3) is 27.7 Å². The normalized spacial score (nSPS) is 12.5. The van der Waals surface area contributed by atoms with Gasteiger partial charge >= 0.3 is 0 Å². The highest BCUT2D eigenvalue weighted by atomic mass is 16.5. The highest BCUT2D eigenvalue weighted by molar-refractivity contribution is 6.02. The Morgan fingerprint density at radius 1 is 1.15 bits per heavy atom. The number of benzene rings is 2. The van der Waals surface area contributed by atoms with E-state index in [9.17, 15) is 4.79 Å². The Bertz CT molecular complexity index is 1170. The van der Waals surface area contributed by atoms with Crippen molar-refractivity contribution in [3.8, 4) is 28.4 Å². The Morgan fingerprint density at radius 2 is 1.91 bits per heavy atom. The Balaban J connectivity index is 2.21. The molecule has 3 rings (SSSR count). The third-order valence-electron chi connectivity index (χ3n) is 5.80. The number of methoxy groups -OCH3 is 2. The zero-order chi connectivity index (χ0) is 24.1. The molecule has 1 amide bonds. The van der Waals surface area contributed by atoms with E-state index in [1.807, 2.05) is 58.9 Å². The lowest BCUT2D eigenvalue weighted by molar-refractivity contribution is -0.117. The molecule has 2 aromatic carbocycles. The summed E-state index contributed by atoms with van der Waals surface area (Å²) < 4.78 is 23.0. The lowest BCUT2D eigenvalue weighted by Crippen LogP contribution is -2.30. The van der Waals surface area contributed by atoms with Gasteiger partial charge in [-0.15, -0.1) is 0 Å². The molecule has 176 valence electrons. The molecule has 0 aliphatic heterocycles. The van der Waals surface area contributed by atoms with Crippen LogP contribution >= 0.6 is 0 Å². The molecule has 1 atom stereocenters. The second kappa shape index (κ2) is 10.5. The fourth-order valence-corrected chi connectivity index (χ4v) is 3.83. The maximum absolute atomic E-state index is 12.5. The van der Waals surface area contributed by atoms with Crippen molar-refractivity contribution in [3.63, 3.8) is 0 Å². The summed E-state index contributed by atoms with van der Waals surface area (Å²) in [7, 11) is 3.27. The second-order valence-electron chi connectivity index (χ2n) is 8.05. The molecular formula is C27H33NO5. The van der Waals surface area contributed by atoms with Gasteiger partial charge in [0, 0.05) is 39.8 Å². The molecule has 0 saturated heterocycles. The molecule has 3 aromatic rings. The van der Waals surface area contributed by atoms with E-state index >= 15 is 0 Å². The number of rotatable bonds is 9. The Kier molecular flexibility index (Phi) is 7.69. The molecule has 0 bridgehead atoms. The largest absolute Gasteiger partial charge is 0.497 e. The first-order valence-corrected chi connectivity index (χ1v) is 11.2. The van der Waals surface area contributed by atoms with Crippen molar-refractivity contribution < 1.29 is 23.4 Å². The van der Waals surface area contributed by atoms with Gasteiger partial charge in [-0.05, 0) is 64.0 Å². The second-order valence-corrected chi connectivity index (χ2v) is 8.05. The van der Waals surface area contributed by atoms with Gasteiger partial charge in [0.05, 0.1) is 27.1 Å². The highest BCUT2D eigenvalue weighted by Gasteiger charge is 2.21. The minimum atomic E-state index is -0.121. The minimum Gasteiger partial charge on any atom is -0.497 e. The number of nitrogens with one attached hydrogen (secondary N) is 1. The molecule has 0 saturated carbocycles. The lowest BCUT2D eigenvalue weighted by atomic mass is 9.96. The van der Waals surface area contributed by atoms with E-state index in [4.69, 9.17) is 18.6 Å². The molecule has 1 heterocycles. The van der Waals surface area contributed by atoms with E-state index < -0.39 is 0 Å². The van der Waals surface area contributed by atoms with Crippen molar-refractivity contribution in [1.82, 2.24) is 5.32 Å². The predicted octanol–water partition coefficient (Wildman–Crippen LogP) is 6.14. The van der Waals surface area contributed by atoms with Crippen LogP contribution in [-0.4, -0.2) is 32.8 Å². The molecule has 0 radical (unpaired) electrons. The van der Waals surface area contributed by atoms with Crippen LogP contribution in [0.4, 0.5) is 0 Å². The van der Waals surface area contributed by atoms with Gasteiger partial charge in [-0.1, -0.05) is 6.92 Å². The maximum atomic E-state index is 12.5. The van der Waals surface area contributed by atoms with Gasteiger partial charge in [-0.3, -0.25) is 4.79 Å². The Hall–Kier alpha value is -3.41. The van der Waals surface area contributed by atoms with Crippen molar-refractivity contribution in [2.24, 2.45) is 0 Å². The van der Waals surface area contributed by atoms with Gasteiger partial charge in [0.15, 0.2) is 0 Å². The Morgan fingerprint density at radius 3 is 2.55 bits per heavy atom. The number of amides is 1. The fraction of sp³-hybridized carbons (Fsp3) is 0.370. The maximum Gasteiger partial charge on any atom is 0.244 e. The number of hydrogen-bond acceptors (Lipinski definition) is 5. The van der Waals surface area contributed by atoms with Crippen LogP contribution in [0.15, 0.2) is 41.0 Å². The molecule has 0 aliphatic rings. The number of furan rings is 1. The average Bonchev–Trinajstić information content (AvgIpc) is 3.24. The summed E-state index contributed by atoms with van der Waals surface area (Å²) in [6.07, 6.45) is 4.22. The van der Waals surface area contributed by atoms with E-state index in [1.54, 1.807) is 26.6 Å². The molecule has 6 nitrogen and oxygen atoms in total. The van der Waals surface area contributed by atoms with Crippen LogP contribution in [-0.2, 0) is 4.79 Å². The zero-order valence-corrected chi connectivity index (χ0v) is 20.5. The first-order valence-electron chi connectivity index (χ1n) is 11.2. The van der Waals surface area contributed by atoms with Crippen LogP contribution in [0.3, 0.4) is 0 Å². The molecule has 0 spiro atoms. The molecule has 1 unspecified atom stereocenters. The third kappa shape index (κ3) is 5.00. The van der Waals surface area contributed by atoms with Gasteiger partial charge in [0.2, 0.25) is 5.91 Å². The molecule has 6 heteroatoms. The summed E-state index contributed by atoms with van der Waals surface area (Å²) >= 11 is 0. The summed E-state index contributed by atoms with van der Waals surface area (Å²) in [6.45, 7) is 10.4. The first-order chi connectivity index (χ1) is 15.8. The van der Waals surface area contributed by atoms with Gasteiger partial charge in [-0.25, -0.2) is 0 Å². The van der Waals surface area contributed by atoms with Crippen LogP contribution < -0.4 is 19.5 Å². The third-order valence-corrected chi connectivity index (χ3v) is 5.80. The molecule has 1 N–H and O–H groups in total. The number of fused-ring (bicyclic) bond motifs is 1. The van der Waals surface area contributed by atoms with Gasteiger partial charge in [0.1, 0.15) is 22.8 Å². The van der Waals surface area contributed by atoms with Crippen LogP contribution in [0.5, 0.6) is 17.2 Å². The van der Waals surface area contributed by atoms with Gasteiger partial charge in [-0.2, -0.15) is 0 Å². The molecule has 1 aromatic heterocycles. The van der Waals surface area contributed by atoms with Crippen molar-refractivity contribution >= 4 is 22.4 Å². The summed E-state index contributed by atoms with van der Waals surface area (Å²) in [5, 5.41) is 3.90. The van der Waals surface area contributed by atoms with Gasteiger partial charge < -0.3 is 23.9 Å². The molecule has 0 fully saturated rings. The van der Waals surface area contributed by atoms with Crippen LogP contribution in [0.1, 0.15) is 45.2 Å². The Labute approximate surface area is 195 Å². The van der Waals surface area contributed by atoms with E-state index in [0.717, 1.165) is 51.0 Å². The minimum absolute atomic E-state index is 0.109. The van der Waals surface area contributed by atoms with Crippen molar-refractivity contribution in [3.05, 3.63) is 47.7 Å². The smallest absolute Gasteiger partial charge is 0.244 e. The van der Waals surface area contributed by atoms with E-state index in [2.05, 4.69) is 5.32 Å². The highest BCUT2D eigenvalue weighted by Crippen LogP contribution is 2.43. The number of aryl methyl sites for hydroxylation is 1. The quantitative estimate of drug-likeness (QED) is 0.396. The number of ether oxygens (including phenoxy) is 3. The van der Waals surface area contributed by atoms with Crippen LogP contribution in [0, 0.1) is 6.92 Å². The monoisotopic (exact) mass is 451 g/mol. The zero-order valence-electron chi connectivity index (χ0n) is 20.5. The van der Waals surface area contributed by atoms with Crippen molar-refractivity contribution in [1.29, 1.82) is 0 Å². The number of carbonyl (C=O) groups excluding carboxylic acids is 1. The summed E-state index contributed by atoms with van der Waals surface area (Å²) in [6, 6.07) is 7.79. The molecule has 33 heavy (non-hydrogen) atoms. The topological polar surface area (TPSA) is 69.9 Å². The number of allylic oxidation sites excluding steroid dienone is 1.